The maximum atomic E-state index is 13.2. The molecule has 1 heterocycles. The third kappa shape index (κ3) is 1.23. The minimum atomic E-state index is -0.310. The molecule has 0 amide bonds. The molecule has 2 atom stereocenters. The highest BCUT2D eigenvalue weighted by Gasteiger charge is 2.44. The minimum Gasteiger partial charge on any atom is -0.485 e. The largest absolute Gasteiger partial charge is 0.485 e. The molecule has 0 spiro atoms. The van der Waals surface area contributed by atoms with Gasteiger partial charge < -0.3 is 4.74 Å². The number of rotatable bonds is 0. The molecule has 2 aliphatic rings. The van der Waals surface area contributed by atoms with Crippen molar-refractivity contribution in [3.8, 4) is 5.75 Å². The van der Waals surface area contributed by atoms with Crippen LogP contribution in [0.4, 0.5) is 4.39 Å². The average molecular weight is 237 g/mol. The van der Waals surface area contributed by atoms with Crippen LogP contribution in [-0.4, -0.2) is 6.10 Å². The van der Waals surface area contributed by atoms with Crippen molar-refractivity contribution in [1.82, 2.24) is 0 Å². The van der Waals surface area contributed by atoms with E-state index in [1.165, 1.54) is 12.1 Å². The van der Waals surface area contributed by atoms with Gasteiger partial charge in [-0.2, -0.15) is 0 Å². The van der Waals surface area contributed by atoms with Crippen molar-refractivity contribution >= 4 is 11.6 Å². The zero-order valence-corrected chi connectivity index (χ0v) is 9.46. The van der Waals surface area contributed by atoms with Crippen LogP contribution in [0.25, 0.3) is 0 Å². The smallest absolute Gasteiger partial charge is 0.132 e. The molecular formula is C13H10ClFO. The van der Waals surface area contributed by atoms with Crippen molar-refractivity contribution in [3.05, 3.63) is 52.8 Å². The highest BCUT2D eigenvalue weighted by atomic mass is 35.5. The van der Waals surface area contributed by atoms with E-state index >= 15 is 0 Å². The molecule has 1 nitrogen and oxygen atoms in total. The Kier molecular flexibility index (Phi) is 1.93. The van der Waals surface area contributed by atoms with Crippen molar-refractivity contribution < 1.29 is 9.13 Å². The zero-order chi connectivity index (χ0) is 11.3. The van der Waals surface area contributed by atoms with Crippen molar-refractivity contribution in [1.29, 1.82) is 0 Å². The summed E-state index contributed by atoms with van der Waals surface area (Å²) < 4.78 is 19.0. The van der Waals surface area contributed by atoms with E-state index in [-0.39, 0.29) is 17.3 Å². The van der Waals surface area contributed by atoms with Gasteiger partial charge in [-0.3, -0.25) is 0 Å². The first-order valence-corrected chi connectivity index (χ1v) is 5.51. The van der Waals surface area contributed by atoms with E-state index in [2.05, 4.69) is 0 Å². The zero-order valence-electron chi connectivity index (χ0n) is 8.71. The van der Waals surface area contributed by atoms with Crippen LogP contribution in [0.1, 0.15) is 12.5 Å². The van der Waals surface area contributed by atoms with Gasteiger partial charge >= 0.3 is 0 Å². The standard InChI is InChI=1S/C13H10ClFO/c1-13-5-4-8(14)6-12(13)16-11-3-2-9(15)7-10(11)13/h2-7,12H,1H3/t12-,13?/m0/s1. The van der Waals surface area contributed by atoms with Gasteiger partial charge in [0.25, 0.3) is 0 Å². The molecule has 0 N–H and O–H groups in total. The van der Waals surface area contributed by atoms with Crippen molar-refractivity contribution in [3.63, 3.8) is 0 Å². The molecule has 0 saturated heterocycles. The molecule has 0 fully saturated rings. The Hall–Kier alpha value is -1.28. The van der Waals surface area contributed by atoms with E-state index < -0.39 is 0 Å². The molecule has 0 bridgehead atoms. The van der Waals surface area contributed by atoms with Gasteiger partial charge in [-0.1, -0.05) is 17.7 Å². The second-order valence-corrected chi connectivity index (χ2v) is 4.78. The first-order valence-electron chi connectivity index (χ1n) is 5.13. The number of benzene rings is 1. The van der Waals surface area contributed by atoms with Gasteiger partial charge in [-0.25, -0.2) is 4.39 Å². The fraction of sp³-hybridized carbons (Fsp3) is 0.231. The van der Waals surface area contributed by atoms with Gasteiger partial charge in [-0.15, -0.1) is 0 Å². The van der Waals surface area contributed by atoms with E-state index in [1.807, 2.05) is 25.2 Å². The van der Waals surface area contributed by atoms with E-state index in [0.29, 0.717) is 5.03 Å². The number of hydrogen-bond donors (Lipinski definition) is 0. The Morgan fingerprint density at radius 1 is 1.44 bits per heavy atom. The van der Waals surface area contributed by atoms with E-state index in [0.717, 1.165) is 11.3 Å². The summed E-state index contributed by atoms with van der Waals surface area (Å²) in [4.78, 5) is 0. The summed E-state index contributed by atoms with van der Waals surface area (Å²) in [5, 5.41) is 0.663. The summed E-state index contributed by atoms with van der Waals surface area (Å²) in [6, 6.07) is 4.62. The van der Waals surface area contributed by atoms with Crippen LogP contribution in [0, 0.1) is 5.82 Å². The van der Waals surface area contributed by atoms with Crippen molar-refractivity contribution in [2.24, 2.45) is 0 Å². The van der Waals surface area contributed by atoms with Crippen LogP contribution < -0.4 is 4.74 Å². The summed E-state index contributed by atoms with van der Waals surface area (Å²) in [6.45, 7) is 2.03. The fourth-order valence-corrected chi connectivity index (χ4v) is 2.46. The molecule has 1 aliphatic heterocycles. The molecule has 3 rings (SSSR count). The third-order valence-electron chi connectivity index (χ3n) is 3.27. The van der Waals surface area contributed by atoms with Gasteiger partial charge in [-0.05, 0) is 37.3 Å². The topological polar surface area (TPSA) is 9.23 Å². The molecule has 16 heavy (non-hydrogen) atoms. The summed E-state index contributed by atoms with van der Waals surface area (Å²) in [5.41, 5.74) is 0.574. The van der Waals surface area contributed by atoms with Gasteiger partial charge in [0.1, 0.15) is 17.7 Å². The second-order valence-electron chi connectivity index (χ2n) is 4.35. The van der Waals surface area contributed by atoms with Crippen LogP contribution in [0.3, 0.4) is 0 Å². The molecule has 1 unspecified atom stereocenters. The van der Waals surface area contributed by atoms with Crippen LogP contribution in [0.5, 0.6) is 5.75 Å². The van der Waals surface area contributed by atoms with Crippen LogP contribution in [0.15, 0.2) is 41.5 Å². The van der Waals surface area contributed by atoms with Crippen LogP contribution in [0.2, 0.25) is 0 Å². The molecule has 1 aromatic carbocycles. The number of halogens is 2. The Balaban J connectivity index is 2.17. The lowest BCUT2D eigenvalue weighted by Gasteiger charge is -2.27. The summed E-state index contributed by atoms with van der Waals surface area (Å²) >= 11 is 5.94. The number of hydrogen-bond acceptors (Lipinski definition) is 1. The summed E-state index contributed by atoms with van der Waals surface area (Å²) in [7, 11) is 0. The van der Waals surface area contributed by atoms with E-state index in [9.17, 15) is 4.39 Å². The number of fused-ring (bicyclic) bond motifs is 3. The van der Waals surface area contributed by atoms with Gasteiger partial charge in [0.2, 0.25) is 0 Å². The van der Waals surface area contributed by atoms with Gasteiger partial charge in [0.05, 0.1) is 5.41 Å². The number of allylic oxidation sites excluding steroid dienone is 2. The average Bonchev–Trinajstić information content (AvgIpc) is 2.52. The fourth-order valence-electron chi connectivity index (χ4n) is 2.28. The molecule has 0 saturated carbocycles. The molecule has 3 heteroatoms. The second kappa shape index (κ2) is 3.11. The van der Waals surface area contributed by atoms with E-state index in [4.69, 9.17) is 16.3 Å². The first-order chi connectivity index (χ1) is 7.59. The first kappa shape index (κ1) is 9.91. The molecular weight excluding hydrogens is 227 g/mol. The maximum absolute atomic E-state index is 13.2. The van der Waals surface area contributed by atoms with Crippen molar-refractivity contribution in [2.45, 2.75) is 18.4 Å². The Labute approximate surface area is 98.2 Å². The Morgan fingerprint density at radius 2 is 2.25 bits per heavy atom. The molecule has 0 radical (unpaired) electrons. The molecule has 0 aromatic heterocycles. The maximum Gasteiger partial charge on any atom is 0.132 e. The molecule has 82 valence electrons. The predicted molar refractivity (Wildman–Crippen MR) is 61.2 cm³/mol. The Bertz CT molecular complexity index is 521. The highest BCUT2D eigenvalue weighted by Crippen LogP contribution is 2.47. The SMILES string of the molecule is CC12C=CC(Cl)=C[C@@H]1Oc1ccc(F)cc12. The summed E-state index contributed by atoms with van der Waals surface area (Å²) in [5.74, 6) is 0.499. The molecule has 1 aromatic rings. The van der Waals surface area contributed by atoms with Crippen LogP contribution in [-0.2, 0) is 5.41 Å². The van der Waals surface area contributed by atoms with Crippen LogP contribution >= 0.6 is 11.6 Å². The lowest BCUT2D eigenvalue weighted by molar-refractivity contribution is 0.227. The van der Waals surface area contributed by atoms with Gasteiger partial charge in [0, 0.05) is 10.6 Å². The minimum absolute atomic E-state index is 0.137. The predicted octanol–water partition coefficient (Wildman–Crippen LogP) is 3.54. The number of ether oxygens (including phenoxy) is 1. The van der Waals surface area contributed by atoms with Crippen molar-refractivity contribution in [2.75, 3.05) is 0 Å². The van der Waals surface area contributed by atoms with Gasteiger partial charge in [0.15, 0.2) is 0 Å². The van der Waals surface area contributed by atoms with E-state index in [1.54, 1.807) is 6.07 Å². The molecule has 1 aliphatic carbocycles. The lowest BCUT2D eigenvalue weighted by atomic mass is 9.77. The monoisotopic (exact) mass is 236 g/mol. The third-order valence-corrected chi connectivity index (χ3v) is 3.52. The Morgan fingerprint density at radius 3 is 3.06 bits per heavy atom. The summed E-state index contributed by atoms with van der Waals surface area (Å²) in [6.07, 6.45) is 5.54. The lowest BCUT2D eigenvalue weighted by Crippen LogP contribution is -2.33. The normalized spacial score (nSPS) is 30.4. The quantitative estimate of drug-likeness (QED) is 0.670. The highest BCUT2D eigenvalue weighted by molar-refractivity contribution is 6.31.